The molecule has 1 heterocycles. The van der Waals surface area contributed by atoms with Gasteiger partial charge in [-0.15, -0.1) is 0 Å². The van der Waals surface area contributed by atoms with Crippen LogP contribution in [0.25, 0.3) is 0 Å². The molecule has 2 N–H and O–H groups in total. The van der Waals surface area contributed by atoms with Crippen LogP contribution in [0.1, 0.15) is 22.8 Å². The summed E-state index contributed by atoms with van der Waals surface area (Å²) in [6, 6.07) is 5.55. The summed E-state index contributed by atoms with van der Waals surface area (Å²) in [5, 5.41) is 8.99. The van der Waals surface area contributed by atoms with Crippen LogP contribution in [-0.2, 0) is 16.4 Å². The molecule has 0 saturated carbocycles. The monoisotopic (exact) mass is 307 g/mol. The molecule has 0 spiro atoms. The smallest absolute Gasteiger partial charge is 0.335 e. The van der Waals surface area contributed by atoms with Crippen molar-refractivity contribution in [3.8, 4) is 0 Å². The molecule has 1 aromatic carbocycles. The van der Waals surface area contributed by atoms with Gasteiger partial charge in [0.05, 0.1) is 10.5 Å². The molecule has 0 radical (unpaired) electrons. The number of aromatic nitrogens is 2. The zero-order valence-corrected chi connectivity index (χ0v) is 12.0. The lowest BCUT2D eigenvalue weighted by atomic mass is 10.1. The van der Waals surface area contributed by atoms with Crippen LogP contribution in [0.15, 0.2) is 41.6 Å². The Kier molecular flexibility index (Phi) is 4.18. The van der Waals surface area contributed by atoms with Crippen LogP contribution in [0.2, 0.25) is 0 Å². The number of nitrogens with one attached hydrogen (secondary N) is 1. The van der Waals surface area contributed by atoms with E-state index in [0.717, 1.165) is 6.07 Å². The molecule has 0 saturated heterocycles. The van der Waals surface area contributed by atoms with Crippen LogP contribution < -0.4 is 4.72 Å². The van der Waals surface area contributed by atoms with Gasteiger partial charge in [0.25, 0.3) is 10.0 Å². The number of anilines is 1. The lowest BCUT2D eigenvalue weighted by molar-refractivity contribution is 0.0696. The second-order valence-corrected chi connectivity index (χ2v) is 5.81. The van der Waals surface area contributed by atoms with E-state index in [-0.39, 0.29) is 16.4 Å². The predicted octanol–water partition coefficient (Wildman–Crippen LogP) is 1.54. The van der Waals surface area contributed by atoms with Gasteiger partial charge in [-0.1, -0.05) is 13.0 Å². The molecular formula is C13H13N3O4S. The fraction of sp³-hybridized carbons (Fsp3) is 0.154. The molecule has 0 amide bonds. The minimum Gasteiger partial charge on any atom is -0.478 e. The molecule has 0 fully saturated rings. The normalized spacial score (nSPS) is 11.1. The van der Waals surface area contributed by atoms with Gasteiger partial charge in [0, 0.05) is 12.4 Å². The number of carbonyl (C=O) groups is 1. The summed E-state index contributed by atoms with van der Waals surface area (Å²) in [5.74, 6) is -1.26. The summed E-state index contributed by atoms with van der Waals surface area (Å²) in [4.78, 5) is 18.5. The van der Waals surface area contributed by atoms with E-state index in [1.54, 1.807) is 13.0 Å². The topological polar surface area (TPSA) is 109 Å². The Morgan fingerprint density at radius 2 is 1.95 bits per heavy atom. The first-order chi connectivity index (χ1) is 9.94. The zero-order chi connectivity index (χ0) is 15.5. The summed E-state index contributed by atoms with van der Waals surface area (Å²) >= 11 is 0. The Morgan fingerprint density at radius 3 is 2.52 bits per heavy atom. The van der Waals surface area contributed by atoms with Crippen molar-refractivity contribution < 1.29 is 18.3 Å². The van der Waals surface area contributed by atoms with Crippen molar-refractivity contribution in [3.05, 3.63) is 47.8 Å². The van der Waals surface area contributed by atoms with E-state index in [1.807, 2.05) is 0 Å². The van der Waals surface area contributed by atoms with Crippen molar-refractivity contribution in [2.75, 3.05) is 4.72 Å². The standard InChI is InChI=1S/C13H13N3O4S/c1-2-9-4-5-10(12(17)18)8-11(9)21(19,20)16-13-14-6-3-7-15-13/h3-8H,2H2,1H3,(H,17,18)(H,14,15,16). The summed E-state index contributed by atoms with van der Waals surface area (Å²) in [7, 11) is -3.95. The van der Waals surface area contributed by atoms with Gasteiger partial charge in [0.2, 0.25) is 5.95 Å². The summed E-state index contributed by atoms with van der Waals surface area (Å²) < 4.78 is 27.0. The SMILES string of the molecule is CCc1ccc(C(=O)O)cc1S(=O)(=O)Nc1ncccn1. The minimum absolute atomic E-state index is 0.0692. The maximum Gasteiger partial charge on any atom is 0.335 e. The van der Waals surface area contributed by atoms with Crippen molar-refractivity contribution in [1.82, 2.24) is 9.97 Å². The Hall–Kier alpha value is -2.48. The van der Waals surface area contributed by atoms with Gasteiger partial charge in [0.1, 0.15) is 0 Å². The molecule has 0 aliphatic heterocycles. The van der Waals surface area contributed by atoms with Crippen LogP contribution in [0.4, 0.5) is 5.95 Å². The summed E-state index contributed by atoms with van der Waals surface area (Å²) in [5.41, 5.74) is 0.421. The van der Waals surface area contributed by atoms with E-state index in [9.17, 15) is 13.2 Å². The van der Waals surface area contributed by atoms with E-state index in [0.29, 0.717) is 12.0 Å². The lowest BCUT2D eigenvalue weighted by Gasteiger charge is -2.11. The average Bonchev–Trinajstić information content (AvgIpc) is 2.47. The Labute approximate surface area is 121 Å². The van der Waals surface area contributed by atoms with E-state index >= 15 is 0 Å². The molecule has 110 valence electrons. The van der Waals surface area contributed by atoms with E-state index in [1.165, 1.54) is 24.5 Å². The maximum atomic E-state index is 12.4. The molecule has 2 rings (SSSR count). The molecule has 0 aliphatic carbocycles. The molecule has 21 heavy (non-hydrogen) atoms. The number of carboxylic acid groups (broad SMARTS) is 1. The number of carboxylic acids is 1. The second-order valence-electron chi connectivity index (χ2n) is 4.16. The van der Waals surface area contributed by atoms with Gasteiger partial charge >= 0.3 is 5.97 Å². The van der Waals surface area contributed by atoms with Gasteiger partial charge in [-0.3, -0.25) is 0 Å². The molecule has 8 heteroatoms. The molecule has 0 aliphatic rings. The number of hydrogen-bond acceptors (Lipinski definition) is 5. The second kappa shape index (κ2) is 5.88. The summed E-state index contributed by atoms with van der Waals surface area (Å²) in [6.07, 6.45) is 3.25. The fourth-order valence-electron chi connectivity index (χ4n) is 1.76. The van der Waals surface area contributed by atoms with E-state index in [4.69, 9.17) is 5.11 Å². The molecule has 0 bridgehead atoms. The molecule has 1 aromatic heterocycles. The first-order valence-corrected chi connectivity index (χ1v) is 7.58. The largest absolute Gasteiger partial charge is 0.478 e. The quantitative estimate of drug-likeness (QED) is 0.867. The van der Waals surface area contributed by atoms with Crippen molar-refractivity contribution in [2.45, 2.75) is 18.2 Å². The van der Waals surface area contributed by atoms with E-state index < -0.39 is 16.0 Å². The highest BCUT2D eigenvalue weighted by Gasteiger charge is 2.21. The number of aromatic carboxylic acids is 1. The minimum atomic E-state index is -3.95. The number of hydrogen-bond donors (Lipinski definition) is 2. The Bertz CT molecular complexity index is 760. The highest BCUT2D eigenvalue weighted by atomic mass is 32.2. The maximum absolute atomic E-state index is 12.4. The van der Waals surface area contributed by atoms with Crippen molar-refractivity contribution >= 4 is 21.9 Å². The van der Waals surface area contributed by atoms with Gasteiger partial charge in [-0.05, 0) is 30.2 Å². The third-order valence-electron chi connectivity index (χ3n) is 2.78. The van der Waals surface area contributed by atoms with Gasteiger partial charge < -0.3 is 5.11 Å². The Morgan fingerprint density at radius 1 is 1.29 bits per heavy atom. The fourth-order valence-corrected chi connectivity index (χ4v) is 3.05. The predicted molar refractivity (Wildman–Crippen MR) is 75.6 cm³/mol. The first-order valence-electron chi connectivity index (χ1n) is 6.10. The highest BCUT2D eigenvalue weighted by molar-refractivity contribution is 7.92. The third kappa shape index (κ3) is 3.34. The van der Waals surface area contributed by atoms with Gasteiger partial charge in [0.15, 0.2) is 0 Å². The van der Waals surface area contributed by atoms with Crippen LogP contribution >= 0.6 is 0 Å². The number of nitrogens with zero attached hydrogens (tertiary/aromatic N) is 2. The zero-order valence-electron chi connectivity index (χ0n) is 11.1. The number of sulfonamides is 1. The van der Waals surface area contributed by atoms with Crippen LogP contribution in [0, 0.1) is 0 Å². The van der Waals surface area contributed by atoms with Crippen LogP contribution in [-0.4, -0.2) is 29.5 Å². The third-order valence-corrected chi connectivity index (χ3v) is 4.19. The van der Waals surface area contributed by atoms with Crippen LogP contribution in [0.5, 0.6) is 0 Å². The Balaban J connectivity index is 2.48. The summed E-state index contributed by atoms with van der Waals surface area (Å²) in [6.45, 7) is 1.79. The lowest BCUT2D eigenvalue weighted by Crippen LogP contribution is -2.17. The number of aryl methyl sites for hydroxylation is 1. The number of rotatable bonds is 5. The highest BCUT2D eigenvalue weighted by Crippen LogP contribution is 2.20. The molecule has 2 aromatic rings. The average molecular weight is 307 g/mol. The molecule has 7 nitrogen and oxygen atoms in total. The van der Waals surface area contributed by atoms with Crippen molar-refractivity contribution in [3.63, 3.8) is 0 Å². The first kappa shape index (κ1) is 14.9. The molecule has 0 unspecified atom stereocenters. The van der Waals surface area contributed by atoms with Gasteiger partial charge in [-0.25, -0.2) is 27.9 Å². The van der Waals surface area contributed by atoms with Crippen LogP contribution in [0.3, 0.4) is 0 Å². The van der Waals surface area contributed by atoms with Gasteiger partial charge in [-0.2, -0.15) is 0 Å². The van der Waals surface area contributed by atoms with Crippen molar-refractivity contribution in [2.24, 2.45) is 0 Å². The molecule has 0 atom stereocenters. The van der Waals surface area contributed by atoms with Crippen molar-refractivity contribution in [1.29, 1.82) is 0 Å². The number of benzene rings is 1. The molecular weight excluding hydrogens is 294 g/mol. The van der Waals surface area contributed by atoms with E-state index in [2.05, 4.69) is 14.7 Å².